The van der Waals surface area contributed by atoms with Gasteiger partial charge in [0.1, 0.15) is 0 Å². The van der Waals surface area contributed by atoms with E-state index in [0.717, 1.165) is 43.9 Å². The third kappa shape index (κ3) is 5.58. The molecular formula is C25H31N5O3. The van der Waals surface area contributed by atoms with Gasteiger partial charge in [-0.15, -0.1) is 0 Å². The molecule has 2 aliphatic heterocycles. The van der Waals surface area contributed by atoms with E-state index in [1.807, 2.05) is 31.2 Å². The normalized spacial score (nSPS) is 17.3. The third-order valence-electron chi connectivity index (χ3n) is 6.21. The van der Waals surface area contributed by atoms with Gasteiger partial charge in [-0.3, -0.25) is 19.3 Å². The highest BCUT2D eigenvalue weighted by Gasteiger charge is 2.26. The highest BCUT2D eigenvalue weighted by Crippen LogP contribution is 2.29. The molecule has 4 rings (SSSR count). The van der Waals surface area contributed by atoms with Gasteiger partial charge in [-0.1, -0.05) is 24.3 Å². The molecule has 1 fully saturated rings. The first-order valence-corrected chi connectivity index (χ1v) is 11.4. The molecule has 1 saturated heterocycles. The molecule has 2 aromatic carbocycles. The molecule has 2 aliphatic rings. The highest BCUT2D eigenvalue weighted by molar-refractivity contribution is 6.39. The van der Waals surface area contributed by atoms with E-state index in [2.05, 4.69) is 27.5 Å². The number of hydrogen-bond acceptors (Lipinski definition) is 5. The van der Waals surface area contributed by atoms with Gasteiger partial charge in [-0.05, 0) is 50.2 Å². The Morgan fingerprint density at radius 2 is 1.70 bits per heavy atom. The van der Waals surface area contributed by atoms with Crippen LogP contribution in [0.3, 0.4) is 0 Å². The van der Waals surface area contributed by atoms with E-state index >= 15 is 0 Å². The molecule has 2 N–H and O–H groups in total. The second kappa shape index (κ2) is 10.1. The Balaban J connectivity index is 1.32. The molecule has 3 amide bonds. The number of likely N-dealkylation sites (N-methyl/N-ethyl adjacent to an activating group) is 1. The van der Waals surface area contributed by atoms with Crippen LogP contribution in [0.25, 0.3) is 0 Å². The SMILES string of the molecule is C[C@@H](CN1CCN(C)CC1)NC(=O)C(=O)Nc1cccc(C(=O)N2CCc3ccccc32)c1. The largest absolute Gasteiger partial charge is 0.344 e. The van der Waals surface area contributed by atoms with Gasteiger partial charge in [0.05, 0.1) is 0 Å². The van der Waals surface area contributed by atoms with Gasteiger partial charge in [0.15, 0.2) is 0 Å². The number of piperazine rings is 1. The number of amides is 3. The Morgan fingerprint density at radius 3 is 2.48 bits per heavy atom. The van der Waals surface area contributed by atoms with Crippen LogP contribution < -0.4 is 15.5 Å². The first-order chi connectivity index (χ1) is 15.9. The molecule has 0 spiro atoms. The maximum absolute atomic E-state index is 13.1. The average molecular weight is 450 g/mol. The molecule has 0 aromatic heterocycles. The second-order valence-electron chi connectivity index (χ2n) is 8.85. The molecule has 33 heavy (non-hydrogen) atoms. The zero-order valence-corrected chi connectivity index (χ0v) is 19.2. The Hall–Kier alpha value is -3.23. The lowest BCUT2D eigenvalue weighted by Gasteiger charge is -2.33. The molecule has 2 heterocycles. The fraction of sp³-hybridized carbons (Fsp3) is 0.400. The van der Waals surface area contributed by atoms with Crippen LogP contribution in [0.5, 0.6) is 0 Å². The van der Waals surface area contributed by atoms with Crippen LogP contribution in [0, 0.1) is 0 Å². The molecule has 174 valence electrons. The minimum Gasteiger partial charge on any atom is -0.344 e. The van der Waals surface area contributed by atoms with Gasteiger partial charge >= 0.3 is 11.8 Å². The summed E-state index contributed by atoms with van der Waals surface area (Å²) in [5.41, 5.74) is 2.96. The van der Waals surface area contributed by atoms with Crippen LogP contribution in [-0.4, -0.2) is 79.9 Å². The number of fused-ring (bicyclic) bond motifs is 1. The van der Waals surface area contributed by atoms with Crippen molar-refractivity contribution >= 4 is 29.1 Å². The predicted octanol–water partition coefficient (Wildman–Crippen LogP) is 1.58. The fourth-order valence-corrected chi connectivity index (χ4v) is 4.38. The Kier molecular flexibility index (Phi) is 7.05. The van der Waals surface area contributed by atoms with Crippen LogP contribution in [0.1, 0.15) is 22.8 Å². The Morgan fingerprint density at radius 1 is 0.939 bits per heavy atom. The summed E-state index contributed by atoms with van der Waals surface area (Å²) >= 11 is 0. The van der Waals surface area contributed by atoms with Crippen LogP contribution >= 0.6 is 0 Å². The lowest BCUT2D eigenvalue weighted by molar-refractivity contribution is -0.136. The van der Waals surface area contributed by atoms with Gasteiger partial charge in [0, 0.05) is 62.2 Å². The number of anilines is 2. The molecule has 0 aliphatic carbocycles. The van der Waals surface area contributed by atoms with Crippen molar-refractivity contribution in [3.63, 3.8) is 0 Å². The number of carbonyl (C=O) groups is 3. The summed E-state index contributed by atoms with van der Waals surface area (Å²) in [6.45, 7) is 7.13. The number of carbonyl (C=O) groups excluding carboxylic acids is 3. The average Bonchev–Trinajstić information content (AvgIpc) is 3.24. The van der Waals surface area contributed by atoms with Crippen molar-refractivity contribution < 1.29 is 14.4 Å². The first kappa shape index (κ1) is 22.9. The number of nitrogens with zero attached hydrogens (tertiary/aromatic N) is 3. The van der Waals surface area contributed by atoms with E-state index in [4.69, 9.17) is 0 Å². The van der Waals surface area contributed by atoms with Gasteiger partial charge in [-0.25, -0.2) is 0 Å². The maximum atomic E-state index is 13.1. The summed E-state index contributed by atoms with van der Waals surface area (Å²) in [6, 6.07) is 14.4. The molecular weight excluding hydrogens is 418 g/mol. The van der Waals surface area contributed by atoms with Crippen molar-refractivity contribution in [3.05, 3.63) is 59.7 Å². The topological polar surface area (TPSA) is 85.0 Å². The second-order valence-corrected chi connectivity index (χ2v) is 8.85. The van der Waals surface area contributed by atoms with E-state index in [-0.39, 0.29) is 11.9 Å². The van der Waals surface area contributed by atoms with Crippen molar-refractivity contribution in [1.29, 1.82) is 0 Å². The Bertz CT molecular complexity index is 1030. The summed E-state index contributed by atoms with van der Waals surface area (Å²) in [5.74, 6) is -1.54. The zero-order valence-electron chi connectivity index (χ0n) is 19.2. The van der Waals surface area contributed by atoms with Crippen LogP contribution in [0.15, 0.2) is 48.5 Å². The van der Waals surface area contributed by atoms with E-state index in [1.54, 1.807) is 29.2 Å². The highest BCUT2D eigenvalue weighted by atomic mass is 16.2. The van der Waals surface area contributed by atoms with Gasteiger partial charge < -0.3 is 20.4 Å². The smallest absolute Gasteiger partial charge is 0.313 e. The lowest BCUT2D eigenvalue weighted by atomic mass is 10.1. The van der Waals surface area contributed by atoms with Gasteiger partial charge in [-0.2, -0.15) is 0 Å². The quantitative estimate of drug-likeness (QED) is 0.677. The lowest BCUT2D eigenvalue weighted by Crippen LogP contribution is -2.51. The molecule has 0 radical (unpaired) electrons. The van der Waals surface area contributed by atoms with E-state index in [1.165, 1.54) is 0 Å². The fourth-order valence-electron chi connectivity index (χ4n) is 4.38. The van der Waals surface area contributed by atoms with E-state index < -0.39 is 11.8 Å². The maximum Gasteiger partial charge on any atom is 0.313 e. The van der Waals surface area contributed by atoms with Crippen molar-refractivity contribution in [2.24, 2.45) is 0 Å². The molecule has 8 nitrogen and oxygen atoms in total. The molecule has 1 atom stereocenters. The van der Waals surface area contributed by atoms with Crippen LogP contribution in [-0.2, 0) is 16.0 Å². The third-order valence-corrected chi connectivity index (χ3v) is 6.21. The minimum absolute atomic E-state index is 0.124. The van der Waals surface area contributed by atoms with E-state index in [9.17, 15) is 14.4 Å². The number of para-hydroxylation sites is 1. The predicted molar refractivity (Wildman–Crippen MR) is 128 cm³/mol. The summed E-state index contributed by atoms with van der Waals surface area (Å²) in [6.07, 6.45) is 0.824. The number of benzene rings is 2. The van der Waals surface area contributed by atoms with Crippen LogP contribution in [0.4, 0.5) is 11.4 Å². The molecule has 0 unspecified atom stereocenters. The standard InChI is InChI=1S/C25H31N5O3/c1-18(17-29-14-12-28(2)13-15-29)26-23(31)24(32)27-21-8-5-7-20(16-21)25(33)30-11-10-19-6-3-4-9-22(19)30/h3-9,16,18H,10-15,17H2,1-2H3,(H,26,31)(H,27,32)/t18-/m0/s1. The van der Waals surface area contributed by atoms with Gasteiger partial charge in [0.2, 0.25) is 0 Å². The number of nitrogens with one attached hydrogen (secondary N) is 2. The van der Waals surface area contributed by atoms with Crippen molar-refractivity contribution in [3.8, 4) is 0 Å². The summed E-state index contributed by atoms with van der Waals surface area (Å²) in [7, 11) is 2.10. The monoisotopic (exact) mass is 449 g/mol. The summed E-state index contributed by atoms with van der Waals surface area (Å²) < 4.78 is 0. The van der Waals surface area contributed by atoms with Crippen molar-refractivity contribution in [2.75, 3.05) is 56.5 Å². The Labute approximate surface area is 194 Å². The molecule has 0 bridgehead atoms. The summed E-state index contributed by atoms with van der Waals surface area (Å²) in [4.78, 5) is 44.2. The first-order valence-electron chi connectivity index (χ1n) is 11.4. The van der Waals surface area contributed by atoms with E-state index in [0.29, 0.717) is 24.3 Å². The zero-order chi connectivity index (χ0) is 23.4. The molecule has 8 heteroatoms. The van der Waals surface area contributed by atoms with Crippen molar-refractivity contribution in [2.45, 2.75) is 19.4 Å². The molecule has 0 saturated carbocycles. The van der Waals surface area contributed by atoms with Crippen LogP contribution in [0.2, 0.25) is 0 Å². The van der Waals surface area contributed by atoms with Gasteiger partial charge in [0.25, 0.3) is 5.91 Å². The molecule has 2 aromatic rings. The number of hydrogen-bond donors (Lipinski definition) is 2. The number of rotatable bonds is 5. The summed E-state index contributed by atoms with van der Waals surface area (Å²) in [5, 5.41) is 5.39. The minimum atomic E-state index is -0.739. The van der Waals surface area contributed by atoms with Crippen molar-refractivity contribution in [1.82, 2.24) is 15.1 Å².